The second-order valence-electron chi connectivity index (χ2n) is 5.76. The summed E-state index contributed by atoms with van der Waals surface area (Å²) in [6.45, 7) is 1.25. The quantitative estimate of drug-likeness (QED) is 0.603. The highest BCUT2D eigenvalue weighted by molar-refractivity contribution is 7.89. The molecule has 3 N–H and O–H groups in total. The van der Waals surface area contributed by atoms with Crippen LogP contribution in [0, 0.1) is 0 Å². The summed E-state index contributed by atoms with van der Waals surface area (Å²) in [7, 11) is -3.76. The van der Waals surface area contributed by atoms with E-state index in [-0.39, 0.29) is 17.3 Å². The summed E-state index contributed by atoms with van der Waals surface area (Å²) in [4.78, 5) is 11.1. The first-order chi connectivity index (χ1) is 12.4. The molecule has 0 bridgehead atoms. The van der Waals surface area contributed by atoms with Gasteiger partial charge in [0.1, 0.15) is 0 Å². The summed E-state index contributed by atoms with van der Waals surface area (Å²) < 4.78 is 28.3. The van der Waals surface area contributed by atoms with Crippen molar-refractivity contribution >= 4 is 43.0 Å². The Labute approximate surface area is 155 Å². The molecule has 1 unspecified atom stereocenters. The molecule has 8 heteroatoms. The molecule has 0 saturated heterocycles. The lowest BCUT2D eigenvalue weighted by molar-refractivity contribution is -0.114. The van der Waals surface area contributed by atoms with Crippen LogP contribution in [0.3, 0.4) is 0 Å². The summed E-state index contributed by atoms with van der Waals surface area (Å²) in [6, 6.07) is 13.5. The monoisotopic (exact) mass is 390 g/mol. The molecule has 0 spiro atoms. The molecule has 1 heterocycles. The van der Waals surface area contributed by atoms with Crippen molar-refractivity contribution in [3.8, 4) is 0 Å². The van der Waals surface area contributed by atoms with Gasteiger partial charge in [-0.2, -0.15) is 0 Å². The molecule has 2 aromatic carbocycles. The van der Waals surface area contributed by atoms with Crippen molar-refractivity contribution in [2.75, 3.05) is 11.9 Å². The molecule has 0 fully saturated rings. The van der Waals surface area contributed by atoms with Gasteiger partial charge in [-0.15, -0.1) is 11.3 Å². The lowest BCUT2D eigenvalue weighted by atomic mass is 10.1. The van der Waals surface area contributed by atoms with Gasteiger partial charge in [-0.05, 0) is 41.1 Å². The van der Waals surface area contributed by atoms with Crippen molar-refractivity contribution in [2.24, 2.45) is 0 Å². The molecule has 1 atom stereocenters. The summed E-state index contributed by atoms with van der Waals surface area (Å²) in [6.07, 6.45) is -0.945. The van der Waals surface area contributed by atoms with E-state index in [1.54, 1.807) is 0 Å². The number of thiophene rings is 1. The highest BCUT2D eigenvalue weighted by Gasteiger charge is 2.18. The van der Waals surface area contributed by atoms with Crippen molar-refractivity contribution in [1.82, 2.24) is 4.72 Å². The Morgan fingerprint density at radius 2 is 1.85 bits per heavy atom. The molecule has 0 aliphatic carbocycles. The molecule has 0 aliphatic rings. The highest BCUT2D eigenvalue weighted by Crippen LogP contribution is 2.30. The maximum atomic E-state index is 12.4. The third-order valence-corrected chi connectivity index (χ3v) is 6.24. The molecule has 0 saturated carbocycles. The maximum absolute atomic E-state index is 12.4. The molecule has 1 amide bonds. The molecular weight excluding hydrogens is 372 g/mol. The Morgan fingerprint density at radius 3 is 2.54 bits per heavy atom. The van der Waals surface area contributed by atoms with E-state index in [1.807, 2.05) is 29.6 Å². The standard InChI is InChI=1S/C18H18N2O4S2/c1-12(21)20-13-6-8-14(9-7-13)26(23,24)19-10-17(22)16-11-25-18-5-3-2-4-15(16)18/h2-9,11,17,19,22H,10H2,1H3,(H,20,21). The van der Waals surface area contributed by atoms with Gasteiger partial charge < -0.3 is 10.4 Å². The number of hydrogen-bond donors (Lipinski definition) is 3. The minimum Gasteiger partial charge on any atom is -0.387 e. The number of nitrogens with one attached hydrogen (secondary N) is 2. The fourth-order valence-electron chi connectivity index (χ4n) is 2.56. The lowest BCUT2D eigenvalue weighted by Gasteiger charge is -2.12. The summed E-state index contributed by atoms with van der Waals surface area (Å²) in [5, 5.41) is 15.7. The summed E-state index contributed by atoms with van der Waals surface area (Å²) >= 11 is 1.51. The number of fused-ring (bicyclic) bond motifs is 1. The van der Waals surface area contributed by atoms with Crippen LogP contribution in [0.1, 0.15) is 18.6 Å². The maximum Gasteiger partial charge on any atom is 0.240 e. The van der Waals surface area contributed by atoms with Crippen LogP contribution in [0.15, 0.2) is 58.8 Å². The number of aliphatic hydroxyl groups is 1. The Morgan fingerprint density at radius 1 is 1.15 bits per heavy atom. The summed E-state index contributed by atoms with van der Waals surface area (Å²) in [5.74, 6) is -0.232. The van der Waals surface area contributed by atoms with E-state index in [4.69, 9.17) is 0 Å². The van der Waals surface area contributed by atoms with Crippen molar-refractivity contribution in [2.45, 2.75) is 17.9 Å². The normalized spacial score (nSPS) is 12.8. The Kier molecular flexibility index (Phi) is 5.38. The fraction of sp³-hybridized carbons (Fsp3) is 0.167. The number of carbonyl (C=O) groups is 1. The minimum atomic E-state index is -3.76. The zero-order valence-electron chi connectivity index (χ0n) is 14.0. The van der Waals surface area contributed by atoms with Crippen LogP contribution in [0.5, 0.6) is 0 Å². The Balaban J connectivity index is 1.70. The van der Waals surface area contributed by atoms with Crippen LogP contribution in [0.25, 0.3) is 10.1 Å². The van der Waals surface area contributed by atoms with Crippen LogP contribution in [0.4, 0.5) is 5.69 Å². The average Bonchev–Trinajstić information content (AvgIpc) is 3.04. The van der Waals surface area contributed by atoms with E-state index in [1.165, 1.54) is 42.5 Å². The Bertz CT molecular complexity index is 1030. The van der Waals surface area contributed by atoms with E-state index in [0.717, 1.165) is 10.1 Å². The first kappa shape index (κ1) is 18.5. The molecule has 136 valence electrons. The van der Waals surface area contributed by atoms with Crippen LogP contribution in [-0.4, -0.2) is 26.0 Å². The number of sulfonamides is 1. The van der Waals surface area contributed by atoms with Gasteiger partial charge in [0.2, 0.25) is 15.9 Å². The van der Waals surface area contributed by atoms with Crippen LogP contribution < -0.4 is 10.0 Å². The number of anilines is 1. The molecule has 1 aromatic heterocycles. The third kappa shape index (κ3) is 4.10. The molecule has 6 nitrogen and oxygen atoms in total. The largest absolute Gasteiger partial charge is 0.387 e. The zero-order valence-corrected chi connectivity index (χ0v) is 15.6. The molecule has 26 heavy (non-hydrogen) atoms. The van der Waals surface area contributed by atoms with Gasteiger partial charge in [-0.25, -0.2) is 13.1 Å². The van der Waals surface area contributed by atoms with Gasteiger partial charge in [0, 0.05) is 29.4 Å². The van der Waals surface area contributed by atoms with Crippen LogP contribution >= 0.6 is 11.3 Å². The predicted octanol–water partition coefficient (Wildman–Crippen LogP) is 2.87. The average molecular weight is 390 g/mol. The van der Waals surface area contributed by atoms with E-state index in [2.05, 4.69) is 10.0 Å². The van der Waals surface area contributed by atoms with E-state index in [9.17, 15) is 18.3 Å². The second-order valence-corrected chi connectivity index (χ2v) is 8.44. The zero-order chi connectivity index (χ0) is 18.7. The first-order valence-electron chi connectivity index (χ1n) is 7.88. The summed E-state index contributed by atoms with van der Waals surface area (Å²) in [5.41, 5.74) is 1.22. The van der Waals surface area contributed by atoms with Crippen LogP contribution in [0.2, 0.25) is 0 Å². The topological polar surface area (TPSA) is 95.5 Å². The van der Waals surface area contributed by atoms with Gasteiger partial charge >= 0.3 is 0 Å². The molecule has 0 radical (unpaired) electrons. The van der Waals surface area contributed by atoms with Gasteiger partial charge in [0.15, 0.2) is 0 Å². The van der Waals surface area contributed by atoms with Gasteiger partial charge in [0.25, 0.3) is 0 Å². The van der Waals surface area contributed by atoms with Crippen molar-refractivity contribution in [3.05, 3.63) is 59.5 Å². The van der Waals surface area contributed by atoms with Gasteiger partial charge in [-0.1, -0.05) is 18.2 Å². The molecule has 3 rings (SSSR count). The van der Waals surface area contributed by atoms with Crippen molar-refractivity contribution in [3.63, 3.8) is 0 Å². The first-order valence-corrected chi connectivity index (χ1v) is 10.2. The highest BCUT2D eigenvalue weighted by atomic mass is 32.2. The number of benzene rings is 2. The SMILES string of the molecule is CC(=O)Nc1ccc(S(=O)(=O)NCC(O)c2csc3ccccc23)cc1. The Hall–Kier alpha value is -2.26. The lowest BCUT2D eigenvalue weighted by Crippen LogP contribution is -2.28. The van der Waals surface area contributed by atoms with E-state index in [0.29, 0.717) is 11.3 Å². The van der Waals surface area contributed by atoms with Crippen molar-refractivity contribution in [1.29, 1.82) is 0 Å². The third-order valence-electron chi connectivity index (χ3n) is 3.82. The van der Waals surface area contributed by atoms with Gasteiger partial charge in [-0.3, -0.25) is 4.79 Å². The van der Waals surface area contributed by atoms with E-state index < -0.39 is 16.1 Å². The van der Waals surface area contributed by atoms with E-state index >= 15 is 0 Å². The van der Waals surface area contributed by atoms with Crippen LogP contribution in [-0.2, 0) is 14.8 Å². The van der Waals surface area contributed by atoms with Gasteiger partial charge in [0.05, 0.1) is 11.0 Å². The number of carbonyl (C=O) groups excluding carboxylic acids is 1. The molecule has 3 aromatic rings. The molecule has 0 aliphatic heterocycles. The molecular formula is C18H18N2O4S2. The van der Waals surface area contributed by atoms with Crippen molar-refractivity contribution < 1.29 is 18.3 Å². The number of hydrogen-bond acceptors (Lipinski definition) is 5. The predicted molar refractivity (Wildman–Crippen MR) is 103 cm³/mol. The number of aliphatic hydroxyl groups excluding tert-OH is 1. The fourth-order valence-corrected chi connectivity index (χ4v) is 4.61. The minimum absolute atomic E-state index is 0.0639. The smallest absolute Gasteiger partial charge is 0.240 e. The number of amides is 1. The second kappa shape index (κ2) is 7.55. The number of rotatable bonds is 6.